The first-order chi connectivity index (χ1) is 6.55. The molecule has 5 nitrogen and oxygen atoms in total. The number of amides is 1. The molecule has 0 N–H and O–H groups in total. The van der Waals surface area contributed by atoms with Crippen molar-refractivity contribution in [2.45, 2.75) is 12.8 Å². The lowest BCUT2D eigenvalue weighted by Crippen LogP contribution is -2.33. The Kier molecular flexibility index (Phi) is 3.47. The third kappa shape index (κ3) is 3.00. The Morgan fingerprint density at radius 3 is 2.43 bits per heavy atom. The normalized spacial score (nSPS) is 16.6. The number of carbonyl (C=O) groups is 1. The fraction of sp³-hybridized carbons (Fsp3) is 0.750. The minimum Gasteiger partial charge on any atom is -0.342 e. The molecule has 78 valence electrons. The van der Waals surface area contributed by atoms with Crippen LogP contribution in [0.1, 0.15) is 12.8 Å². The first-order valence-corrected chi connectivity index (χ1v) is 6.22. The molecule has 0 aliphatic carbocycles. The van der Waals surface area contributed by atoms with E-state index < -0.39 is 21.3 Å². The molecule has 6 heteroatoms. The lowest BCUT2D eigenvalue weighted by molar-refractivity contribution is -0.127. The third-order valence-electron chi connectivity index (χ3n) is 2.09. The number of sulfone groups is 1. The number of rotatable bonds is 3. The topological polar surface area (TPSA) is 78.2 Å². The number of carbonyl (C=O) groups excluding carboxylic acids is 1. The number of hydrogen-bond acceptors (Lipinski definition) is 4. The highest BCUT2D eigenvalue weighted by Gasteiger charge is 2.23. The Morgan fingerprint density at radius 2 is 1.93 bits per heavy atom. The minimum absolute atomic E-state index is 0.377. The second-order valence-electron chi connectivity index (χ2n) is 3.28. The summed E-state index contributed by atoms with van der Waals surface area (Å²) in [6.45, 7) is 1.28. The molecule has 14 heavy (non-hydrogen) atoms. The maximum absolute atomic E-state index is 11.4. The molecule has 0 aromatic heterocycles. The fourth-order valence-electron chi connectivity index (χ4n) is 1.40. The van der Waals surface area contributed by atoms with Crippen LogP contribution < -0.4 is 0 Å². The van der Waals surface area contributed by atoms with Gasteiger partial charge in [0.1, 0.15) is 11.5 Å². The monoisotopic (exact) mass is 216 g/mol. The van der Waals surface area contributed by atoms with Crippen LogP contribution in [0.25, 0.3) is 0 Å². The molecule has 1 aliphatic heterocycles. The van der Waals surface area contributed by atoms with Gasteiger partial charge in [-0.3, -0.25) is 4.79 Å². The van der Waals surface area contributed by atoms with Crippen LogP contribution in [0.2, 0.25) is 0 Å². The molecule has 1 fully saturated rings. The van der Waals surface area contributed by atoms with Crippen molar-refractivity contribution in [3.63, 3.8) is 0 Å². The van der Waals surface area contributed by atoms with Crippen LogP contribution in [0, 0.1) is 11.3 Å². The number of nitrogens with zero attached hydrogens (tertiary/aromatic N) is 2. The van der Waals surface area contributed by atoms with E-state index in [1.807, 2.05) is 0 Å². The summed E-state index contributed by atoms with van der Waals surface area (Å²) < 4.78 is 22.3. The lowest BCUT2D eigenvalue weighted by Gasteiger charge is -2.14. The Bertz CT molecular complexity index is 349. The SMILES string of the molecule is N#CCS(=O)(=O)CC(=O)N1CCCC1. The molecule has 0 aromatic rings. The summed E-state index contributed by atoms with van der Waals surface area (Å²) in [5, 5.41) is 8.23. The molecule has 1 heterocycles. The van der Waals surface area contributed by atoms with Crippen LogP contribution in [-0.2, 0) is 14.6 Å². The van der Waals surface area contributed by atoms with Gasteiger partial charge in [0.2, 0.25) is 5.91 Å². The van der Waals surface area contributed by atoms with Gasteiger partial charge in [0.25, 0.3) is 0 Å². The van der Waals surface area contributed by atoms with Crippen LogP contribution in [0.4, 0.5) is 0 Å². The van der Waals surface area contributed by atoms with Gasteiger partial charge in [0.15, 0.2) is 9.84 Å². The van der Waals surface area contributed by atoms with Crippen molar-refractivity contribution in [2.24, 2.45) is 0 Å². The summed E-state index contributed by atoms with van der Waals surface area (Å²) in [5.74, 6) is -1.48. The van der Waals surface area contributed by atoms with E-state index in [0.29, 0.717) is 13.1 Å². The highest BCUT2D eigenvalue weighted by molar-refractivity contribution is 7.92. The summed E-state index contributed by atoms with van der Waals surface area (Å²) in [4.78, 5) is 12.9. The molecule has 1 amide bonds. The Hall–Kier alpha value is -1.09. The van der Waals surface area contributed by atoms with Crippen LogP contribution in [-0.4, -0.2) is 43.8 Å². The zero-order valence-electron chi connectivity index (χ0n) is 7.77. The molecule has 1 aliphatic rings. The second kappa shape index (κ2) is 4.42. The average molecular weight is 216 g/mol. The van der Waals surface area contributed by atoms with Gasteiger partial charge in [-0.05, 0) is 12.8 Å². The molecule has 0 bridgehead atoms. The molecule has 0 atom stereocenters. The maximum Gasteiger partial charge on any atom is 0.237 e. The number of hydrogen-bond donors (Lipinski definition) is 0. The van der Waals surface area contributed by atoms with E-state index >= 15 is 0 Å². The lowest BCUT2D eigenvalue weighted by atomic mass is 10.4. The van der Waals surface area contributed by atoms with Gasteiger partial charge in [-0.1, -0.05) is 0 Å². The van der Waals surface area contributed by atoms with Crippen molar-refractivity contribution in [1.82, 2.24) is 4.90 Å². The molecule has 0 radical (unpaired) electrons. The molecule has 0 spiro atoms. The zero-order chi connectivity index (χ0) is 10.6. The van der Waals surface area contributed by atoms with Gasteiger partial charge in [-0.15, -0.1) is 0 Å². The van der Waals surface area contributed by atoms with E-state index in [1.165, 1.54) is 4.90 Å². The quantitative estimate of drug-likeness (QED) is 0.640. The molecule has 1 saturated heterocycles. The number of likely N-dealkylation sites (tertiary alicyclic amines) is 1. The van der Waals surface area contributed by atoms with Gasteiger partial charge >= 0.3 is 0 Å². The fourth-order valence-corrected chi connectivity index (χ4v) is 2.25. The van der Waals surface area contributed by atoms with Crippen LogP contribution >= 0.6 is 0 Å². The van der Waals surface area contributed by atoms with Crippen molar-refractivity contribution in [1.29, 1.82) is 5.26 Å². The van der Waals surface area contributed by atoms with Crippen LogP contribution in [0.5, 0.6) is 0 Å². The minimum atomic E-state index is -3.52. The first-order valence-electron chi connectivity index (χ1n) is 4.40. The van der Waals surface area contributed by atoms with Gasteiger partial charge in [0, 0.05) is 13.1 Å². The summed E-state index contributed by atoms with van der Waals surface area (Å²) in [6.07, 6.45) is 1.87. The second-order valence-corrected chi connectivity index (χ2v) is 5.34. The summed E-state index contributed by atoms with van der Waals surface area (Å²) in [5.41, 5.74) is 0. The highest BCUT2D eigenvalue weighted by Crippen LogP contribution is 2.08. The standard InChI is InChI=1S/C8H12N2O3S/c9-3-6-14(12,13)7-8(11)10-4-1-2-5-10/h1-2,4-7H2. The third-order valence-corrected chi connectivity index (χ3v) is 3.34. The highest BCUT2D eigenvalue weighted by atomic mass is 32.2. The first kappa shape index (κ1) is 11.0. The summed E-state index contributed by atoms with van der Waals surface area (Å²) in [6, 6.07) is 1.55. The van der Waals surface area contributed by atoms with Crippen LogP contribution in [0.3, 0.4) is 0 Å². The molecular formula is C8H12N2O3S. The van der Waals surface area contributed by atoms with E-state index in [0.717, 1.165) is 12.8 Å². The zero-order valence-corrected chi connectivity index (χ0v) is 8.59. The van der Waals surface area contributed by atoms with E-state index in [-0.39, 0.29) is 5.91 Å². The Morgan fingerprint density at radius 1 is 1.36 bits per heavy atom. The van der Waals surface area contributed by atoms with Crippen LogP contribution in [0.15, 0.2) is 0 Å². The van der Waals surface area contributed by atoms with E-state index in [2.05, 4.69) is 0 Å². The van der Waals surface area contributed by atoms with Crippen molar-refractivity contribution in [3.05, 3.63) is 0 Å². The Labute approximate surface area is 83.2 Å². The molecule has 0 aromatic carbocycles. The van der Waals surface area contributed by atoms with E-state index in [4.69, 9.17) is 5.26 Å². The smallest absolute Gasteiger partial charge is 0.237 e. The Balaban J connectivity index is 2.52. The molecule has 1 rings (SSSR count). The molecule has 0 unspecified atom stereocenters. The predicted molar refractivity (Wildman–Crippen MR) is 50.1 cm³/mol. The number of nitriles is 1. The summed E-state index contributed by atoms with van der Waals surface area (Å²) in [7, 11) is -3.52. The van der Waals surface area contributed by atoms with Gasteiger partial charge in [0.05, 0.1) is 6.07 Å². The van der Waals surface area contributed by atoms with Crippen molar-refractivity contribution in [2.75, 3.05) is 24.6 Å². The van der Waals surface area contributed by atoms with Gasteiger partial charge in [-0.25, -0.2) is 8.42 Å². The summed E-state index contributed by atoms with van der Waals surface area (Å²) >= 11 is 0. The average Bonchev–Trinajstić information content (AvgIpc) is 2.53. The van der Waals surface area contributed by atoms with E-state index in [1.54, 1.807) is 6.07 Å². The predicted octanol–water partition coefficient (Wildman–Crippen LogP) is -0.453. The van der Waals surface area contributed by atoms with E-state index in [9.17, 15) is 13.2 Å². The van der Waals surface area contributed by atoms with Crippen molar-refractivity contribution >= 4 is 15.7 Å². The van der Waals surface area contributed by atoms with Crippen molar-refractivity contribution in [3.8, 4) is 6.07 Å². The van der Waals surface area contributed by atoms with Crippen molar-refractivity contribution < 1.29 is 13.2 Å². The van der Waals surface area contributed by atoms with Gasteiger partial charge < -0.3 is 4.90 Å². The maximum atomic E-state index is 11.4. The largest absolute Gasteiger partial charge is 0.342 e. The van der Waals surface area contributed by atoms with Gasteiger partial charge in [-0.2, -0.15) is 5.26 Å². The molecule has 0 saturated carbocycles. The molecular weight excluding hydrogens is 204 g/mol.